The van der Waals surface area contributed by atoms with Crippen LogP contribution < -0.4 is 23.5 Å². The van der Waals surface area contributed by atoms with Crippen LogP contribution in [0.2, 0.25) is 19.6 Å². The van der Waals surface area contributed by atoms with Gasteiger partial charge in [-0.1, -0.05) is 30.5 Å². The molecule has 1 aromatic rings. The molecule has 1 aromatic heterocycles. The molecular weight excluding hydrogens is 153 g/mol. The predicted octanol–water partition coefficient (Wildman–Crippen LogP) is -1.51. The van der Waals surface area contributed by atoms with E-state index in [9.17, 15) is 0 Å². The van der Waals surface area contributed by atoms with E-state index in [-0.39, 0.29) is 18.9 Å². The quantitative estimate of drug-likeness (QED) is 0.362. The van der Waals surface area contributed by atoms with Gasteiger partial charge in [-0.15, -0.1) is 0 Å². The maximum Gasteiger partial charge on any atom is 1.00 e. The molecule has 0 aliphatic rings. The van der Waals surface area contributed by atoms with Crippen molar-refractivity contribution in [1.29, 1.82) is 0 Å². The molecule has 1 nitrogen and oxygen atoms in total. The van der Waals surface area contributed by atoms with E-state index in [1.807, 2.05) is 0 Å². The third-order valence-corrected chi connectivity index (χ3v) is 5.11. The first-order valence-corrected chi connectivity index (χ1v) is 7.25. The normalized spacial score (nSPS) is 10.7. The van der Waals surface area contributed by atoms with Gasteiger partial charge in [-0.3, -0.25) is 0 Å². The summed E-state index contributed by atoms with van der Waals surface area (Å²) >= 11 is 1.66. The Labute approximate surface area is 79.1 Å². The molecule has 0 atom stereocenters. The number of hydrogen-bond donors (Lipinski definition) is 0. The predicted molar refractivity (Wildman–Crippen MR) is 43.9 cm³/mol. The maximum absolute atomic E-state index is 4.21. The van der Waals surface area contributed by atoms with Gasteiger partial charge in [0, 0.05) is 8.07 Å². The number of nitrogens with zero attached hydrogens (tertiary/aromatic N) is 1. The molecule has 10 heavy (non-hydrogen) atoms. The number of hydrogen-bond acceptors (Lipinski definition) is 2. The summed E-state index contributed by atoms with van der Waals surface area (Å²) in [7, 11) is -1.10. The van der Waals surface area contributed by atoms with Crippen LogP contribution in [0.25, 0.3) is 0 Å². The van der Waals surface area contributed by atoms with E-state index in [2.05, 4.69) is 30.0 Å². The monoisotopic (exact) mass is 163 g/mol. The van der Waals surface area contributed by atoms with E-state index in [1.54, 1.807) is 17.5 Å². The standard InChI is InChI=1S/C6H10NSSi.Li/c1-9(2,3)6-7-4-5-8-6;/h4H,1-3H3;/q-1;+1. The van der Waals surface area contributed by atoms with E-state index in [1.165, 1.54) is 4.63 Å². The molecule has 0 aromatic carbocycles. The molecule has 0 aliphatic carbocycles. The Hall–Kier alpha value is 0.444. The van der Waals surface area contributed by atoms with Gasteiger partial charge < -0.3 is 16.3 Å². The van der Waals surface area contributed by atoms with Crippen molar-refractivity contribution < 1.29 is 18.9 Å². The van der Waals surface area contributed by atoms with Crippen LogP contribution in [0.15, 0.2) is 6.20 Å². The zero-order valence-corrected chi connectivity index (χ0v) is 8.75. The zero-order chi connectivity index (χ0) is 6.91. The van der Waals surface area contributed by atoms with Gasteiger partial charge in [-0.2, -0.15) is 5.38 Å². The van der Waals surface area contributed by atoms with Crippen LogP contribution in [0, 0.1) is 5.38 Å². The Morgan fingerprint density at radius 2 is 2.10 bits per heavy atom. The molecule has 0 saturated heterocycles. The van der Waals surface area contributed by atoms with E-state index < -0.39 is 8.07 Å². The Morgan fingerprint density at radius 1 is 1.50 bits per heavy atom. The molecule has 0 saturated carbocycles. The van der Waals surface area contributed by atoms with Crippen molar-refractivity contribution in [3.63, 3.8) is 0 Å². The maximum atomic E-state index is 4.21. The first kappa shape index (κ1) is 10.4. The summed E-state index contributed by atoms with van der Waals surface area (Å²) in [6.07, 6.45) is 1.76. The molecule has 4 heteroatoms. The summed E-state index contributed by atoms with van der Waals surface area (Å²) in [5.41, 5.74) is 0. The minimum Gasteiger partial charge on any atom is -0.367 e. The minimum absolute atomic E-state index is 0. The molecule has 0 aliphatic heterocycles. The van der Waals surface area contributed by atoms with Gasteiger partial charge >= 0.3 is 18.9 Å². The van der Waals surface area contributed by atoms with Crippen molar-refractivity contribution in [3.05, 3.63) is 11.6 Å². The largest absolute Gasteiger partial charge is 1.00 e. The zero-order valence-electron chi connectivity index (χ0n) is 6.93. The van der Waals surface area contributed by atoms with Gasteiger partial charge in [0.15, 0.2) is 0 Å². The van der Waals surface area contributed by atoms with Gasteiger partial charge in [-0.25, -0.2) is 0 Å². The van der Waals surface area contributed by atoms with Gasteiger partial charge in [0.1, 0.15) is 0 Å². The van der Waals surface area contributed by atoms with Crippen LogP contribution in [0.1, 0.15) is 0 Å². The first-order valence-electron chi connectivity index (χ1n) is 2.93. The van der Waals surface area contributed by atoms with Gasteiger partial charge in [0.2, 0.25) is 0 Å². The van der Waals surface area contributed by atoms with E-state index >= 15 is 0 Å². The molecule has 1 rings (SSSR count). The molecule has 0 amide bonds. The van der Waals surface area contributed by atoms with Crippen LogP contribution in [0.5, 0.6) is 0 Å². The van der Waals surface area contributed by atoms with Crippen LogP contribution in [-0.2, 0) is 0 Å². The number of thiazole rings is 1. The van der Waals surface area contributed by atoms with Gasteiger partial charge in [-0.05, 0) is 0 Å². The van der Waals surface area contributed by atoms with Crippen molar-refractivity contribution in [2.24, 2.45) is 0 Å². The second-order valence-corrected chi connectivity index (χ2v) is 9.20. The summed E-state index contributed by atoms with van der Waals surface area (Å²) in [5, 5.41) is 3.00. The van der Waals surface area contributed by atoms with Crippen LogP contribution >= 0.6 is 11.3 Å². The molecule has 0 bridgehead atoms. The molecule has 1 heterocycles. The molecule has 0 N–H and O–H groups in total. The van der Waals surface area contributed by atoms with Crippen LogP contribution in [-0.4, -0.2) is 13.1 Å². The summed E-state index contributed by atoms with van der Waals surface area (Å²) in [5.74, 6) is 0. The Bertz CT molecular complexity index is 180. The first-order chi connectivity index (χ1) is 4.11. The van der Waals surface area contributed by atoms with E-state index in [0.29, 0.717) is 0 Å². The van der Waals surface area contributed by atoms with Crippen molar-refractivity contribution in [1.82, 2.24) is 4.98 Å². The van der Waals surface area contributed by atoms with Crippen LogP contribution in [0.4, 0.5) is 0 Å². The van der Waals surface area contributed by atoms with Gasteiger partial charge in [0.25, 0.3) is 0 Å². The molecule has 0 spiro atoms. The summed E-state index contributed by atoms with van der Waals surface area (Å²) in [4.78, 5) is 4.21. The Morgan fingerprint density at radius 3 is 2.30 bits per heavy atom. The third kappa shape index (κ3) is 2.59. The minimum atomic E-state index is -1.10. The second kappa shape index (κ2) is 3.73. The second-order valence-electron chi connectivity index (χ2n) is 3.03. The topological polar surface area (TPSA) is 12.9 Å². The summed E-state index contributed by atoms with van der Waals surface area (Å²) < 4.78 is 1.29. The van der Waals surface area contributed by atoms with Crippen molar-refractivity contribution >= 4 is 24.0 Å². The fraction of sp³-hybridized carbons (Fsp3) is 0.500. The summed E-state index contributed by atoms with van der Waals surface area (Å²) in [6, 6.07) is 0. The van der Waals surface area contributed by atoms with Crippen molar-refractivity contribution in [3.8, 4) is 0 Å². The molecular formula is C6H10LiNSSi. The SMILES string of the molecule is C[Si](C)(C)c1nc[c-]s1.[Li+]. The fourth-order valence-electron chi connectivity index (χ4n) is 0.540. The summed E-state index contributed by atoms with van der Waals surface area (Å²) in [6.45, 7) is 6.87. The van der Waals surface area contributed by atoms with E-state index in [0.717, 1.165) is 0 Å². The van der Waals surface area contributed by atoms with Crippen molar-refractivity contribution in [2.45, 2.75) is 19.6 Å². The molecule has 0 radical (unpaired) electrons. The van der Waals surface area contributed by atoms with Crippen LogP contribution in [0.3, 0.4) is 0 Å². The average Bonchev–Trinajstić information content (AvgIpc) is 2.08. The van der Waals surface area contributed by atoms with Crippen molar-refractivity contribution in [2.75, 3.05) is 0 Å². The van der Waals surface area contributed by atoms with Gasteiger partial charge in [0.05, 0.1) is 0 Å². The van der Waals surface area contributed by atoms with E-state index in [4.69, 9.17) is 0 Å². The number of rotatable bonds is 1. The smallest absolute Gasteiger partial charge is 0.367 e. The molecule has 0 unspecified atom stereocenters. The molecule has 0 fully saturated rings. The Balaban J connectivity index is 0.000000810. The third-order valence-electron chi connectivity index (χ3n) is 1.03. The Kier molecular flexibility index (Phi) is 3.89. The fourth-order valence-corrected chi connectivity index (χ4v) is 2.72. The molecule has 50 valence electrons. The average molecular weight is 163 g/mol. The number of aromatic nitrogens is 1.